The number of benzene rings is 1. The highest BCUT2D eigenvalue weighted by molar-refractivity contribution is 7.91. The van der Waals surface area contributed by atoms with Gasteiger partial charge in [-0.25, -0.2) is 22.0 Å². The van der Waals surface area contributed by atoms with Crippen LogP contribution < -0.4 is 5.32 Å². The molecule has 0 bridgehead atoms. The Bertz CT molecular complexity index is 647. The molecule has 1 aromatic rings. The topological polar surface area (TPSA) is 66.5 Å². The van der Waals surface area contributed by atoms with Crippen LogP contribution in [-0.4, -0.2) is 43.9 Å². The van der Waals surface area contributed by atoms with E-state index in [9.17, 15) is 22.0 Å². The van der Waals surface area contributed by atoms with E-state index in [0.29, 0.717) is 12.1 Å². The molecular formula is C15H20F2N2O3S. The van der Waals surface area contributed by atoms with Gasteiger partial charge in [-0.1, -0.05) is 31.2 Å². The first kappa shape index (κ1) is 17.7. The summed E-state index contributed by atoms with van der Waals surface area (Å²) < 4.78 is 48.3. The van der Waals surface area contributed by atoms with Crippen LogP contribution >= 0.6 is 0 Å². The van der Waals surface area contributed by atoms with E-state index in [-0.39, 0.29) is 42.1 Å². The summed E-state index contributed by atoms with van der Waals surface area (Å²) in [6, 6.07) is 5.39. The normalized spacial score (nSPS) is 21.0. The van der Waals surface area contributed by atoms with Crippen LogP contribution in [-0.2, 0) is 16.4 Å². The molecule has 1 N–H and O–H groups in total. The minimum Gasteiger partial charge on any atom is -0.334 e. The summed E-state index contributed by atoms with van der Waals surface area (Å²) in [6.07, 6.45) is -2.51. The maximum absolute atomic E-state index is 12.5. The molecule has 0 spiro atoms. The van der Waals surface area contributed by atoms with Gasteiger partial charge in [-0.2, -0.15) is 0 Å². The molecule has 23 heavy (non-hydrogen) atoms. The zero-order valence-electron chi connectivity index (χ0n) is 12.8. The molecule has 0 aromatic heterocycles. The highest BCUT2D eigenvalue weighted by atomic mass is 32.2. The minimum absolute atomic E-state index is 0.0339. The quantitative estimate of drug-likeness (QED) is 0.912. The smallest absolute Gasteiger partial charge is 0.317 e. The molecule has 0 radical (unpaired) electrons. The second-order valence-corrected chi connectivity index (χ2v) is 8.10. The van der Waals surface area contributed by atoms with Gasteiger partial charge in [0.05, 0.1) is 11.5 Å². The Balaban J connectivity index is 1.91. The Morgan fingerprint density at radius 3 is 2.61 bits per heavy atom. The first-order valence-electron chi connectivity index (χ1n) is 7.37. The van der Waals surface area contributed by atoms with Crippen molar-refractivity contribution in [3.8, 4) is 0 Å². The number of urea groups is 1. The zero-order valence-corrected chi connectivity index (χ0v) is 13.7. The predicted molar refractivity (Wildman–Crippen MR) is 83.0 cm³/mol. The number of alkyl halides is 2. The summed E-state index contributed by atoms with van der Waals surface area (Å²) in [5.41, 5.74) is 0.643. The molecule has 0 saturated carbocycles. The molecule has 2 rings (SSSR count). The van der Waals surface area contributed by atoms with Crippen LogP contribution in [0.15, 0.2) is 24.3 Å². The number of sulfone groups is 1. The Labute approximate surface area is 134 Å². The van der Waals surface area contributed by atoms with Gasteiger partial charge in [0.2, 0.25) is 0 Å². The molecular weight excluding hydrogens is 326 g/mol. The second kappa shape index (κ2) is 7.25. The SMILES string of the molecule is C[C@H]1CN(C(=O)NCc2ccc(C(F)F)cc2)CCS(=O)(=O)C1. The van der Waals surface area contributed by atoms with Gasteiger partial charge < -0.3 is 10.2 Å². The Hall–Kier alpha value is -1.70. The molecule has 1 fully saturated rings. The number of nitrogens with one attached hydrogen (secondary N) is 1. The average molecular weight is 346 g/mol. The number of carbonyl (C=O) groups is 1. The molecule has 0 unspecified atom stereocenters. The van der Waals surface area contributed by atoms with Crippen molar-refractivity contribution in [3.05, 3.63) is 35.4 Å². The van der Waals surface area contributed by atoms with Gasteiger partial charge in [-0.05, 0) is 11.5 Å². The van der Waals surface area contributed by atoms with Crippen LogP contribution in [0.4, 0.5) is 13.6 Å². The molecule has 1 aliphatic heterocycles. The van der Waals surface area contributed by atoms with Crippen LogP contribution in [0.3, 0.4) is 0 Å². The predicted octanol–water partition coefficient (Wildman–Crippen LogP) is 2.20. The first-order chi connectivity index (χ1) is 10.8. The second-order valence-electron chi connectivity index (χ2n) is 5.87. The van der Waals surface area contributed by atoms with E-state index in [4.69, 9.17) is 0 Å². The lowest BCUT2D eigenvalue weighted by molar-refractivity contribution is 0.151. The zero-order chi connectivity index (χ0) is 17.0. The number of amides is 2. The highest BCUT2D eigenvalue weighted by Crippen LogP contribution is 2.18. The first-order valence-corrected chi connectivity index (χ1v) is 9.19. The van der Waals surface area contributed by atoms with Gasteiger partial charge in [-0.15, -0.1) is 0 Å². The molecule has 0 aliphatic carbocycles. The van der Waals surface area contributed by atoms with Crippen molar-refractivity contribution < 1.29 is 22.0 Å². The van der Waals surface area contributed by atoms with E-state index >= 15 is 0 Å². The third-order valence-electron chi connectivity index (χ3n) is 3.71. The maximum Gasteiger partial charge on any atom is 0.317 e. The fourth-order valence-electron chi connectivity index (χ4n) is 2.54. The number of hydrogen-bond donors (Lipinski definition) is 1. The molecule has 8 heteroatoms. The Morgan fingerprint density at radius 2 is 2.00 bits per heavy atom. The fourth-order valence-corrected chi connectivity index (χ4v) is 4.18. The summed E-state index contributed by atoms with van der Waals surface area (Å²) in [4.78, 5) is 13.6. The lowest BCUT2D eigenvalue weighted by Gasteiger charge is -2.22. The summed E-state index contributed by atoms with van der Waals surface area (Å²) in [6.45, 7) is 2.56. The van der Waals surface area contributed by atoms with Crippen molar-refractivity contribution in [2.45, 2.75) is 19.9 Å². The monoisotopic (exact) mass is 346 g/mol. The van der Waals surface area contributed by atoms with E-state index < -0.39 is 16.3 Å². The van der Waals surface area contributed by atoms with Crippen LogP contribution in [0.1, 0.15) is 24.5 Å². The standard InChI is InChI=1S/C15H20F2N2O3S/c1-11-9-19(6-7-23(21,22)10-11)15(20)18-8-12-2-4-13(5-3-12)14(16)17/h2-5,11,14H,6-10H2,1H3,(H,18,20)/t11-/m0/s1. The van der Waals surface area contributed by atoms with Gasteiger partial charge >= 0.3 is 6.03 Å². The third-order valence-corrected chi connectivity index (χ3v) is 5.59. The van der Waals surface area contributed by atoms with Crippen molar-refractivity contribution in [2.75, 3.05) is 24.6 Å². The minimum atomic E-state index is -3.11. The fraction of sp³-hybridized carbons (Fsp3) is 0.533. The van der Waals surface area contributed by atoms with E-state index in [1.807, 2.05) is 0 Å². The molecule has 128 valence electrons. The molecule has 5 nitrogen and oxygen atoms in total. The summed E-state index contributed by atoms with van der Waals surface area (Å²) in [5.74, 6) is -0.0572. The van der Waals surface area contributed by atoms with Crippen LogP contribution in [0.2, 0.25) is 0 Å². The summed E-state index contributed by atoms with van der Waals surface area (Å²) in [7, 11) is -3.11. The van der Waals surface area contributed by atoms with Gasteiger partial charge in [0.25, 0.3) is 6.43 Å². The molecule has 1 saturated heterocycles. The molecule has 1 atom stereocenters. The lowest BCUT2D eigenvalue weighted by atomic mass is 10.1. The van der Waals surface area contributed by atoms with Crippen molar-refractivity contribution in [1.82, 2.24) is 10.2 Å². The summed E-state index contributed by atoms with van der Waals surface area (Å²) in [5, 5.41) is 2.70. The van der Waals surface area contributed by atoms with Crippen molar-refractivity contribution >= 4 is 15.9 Å². The number of nitrogens with zero attached hydrogens (tertiary/aromatic N) is 1. The van der Waals surface area contributed by atoms with Crippen LogP contribution in [0, 0.1) is 5.92 Å². The third kappa shape index (κ3) is 5.16. The molecule has 1 aliphatic rings. The summed E-state index contributed by atoms with van der Waals surface area (Å²) >= 11 is 0. The number of carbonyl (C=O) groups excluding carboxylic acids is 1. The molecule has 1 heterocycles. The van der Waals surface area contributed by atoms with Gasteiger partial charge in [0, 0.05) is 25.2 Å². The lowest BCUT2D eigenvalue weighted by Crippen LogP contribution is -2.42. The largest absolute Gasteiger partial charge is 0.334 e. The number of halogens is 2. The molecule has 1 aromatic carbocycles. The van der Waals surface area contributed by atoms with Crippen LogP contribution in [0.25, 0.3) is 0 Å². The van der Waals surface area contributed by atoms with Gasteiger partial charge in [0.15, 0.2) is 9.84 Å². The van der Waals surface area contributed by atoms with Crippen molar-refractivity contribution in [2.24, 2.45) is 5.92 Å². The molecule has 2 amide bonds. The van der Waals surface area contributed by atoms with E-state index in [1.165, 1.54) is 29.2 Å². The number of rotatable bonds is 3. The van der Waals surface area contributed by atoms with E-state index in [1.54, 1.807) is 6.92 Å². The Kier molecular flexibility index (Phi) is 5.56. The van der Waals surface area contributed by atoms with Gasteiger partial charge in [0.1, 0.15) is 0 Å². The van der Waals surface area contributed by atoms with Crippen molar-refractivity contribution in [1.29, 1.82) is 0 Å². The van der Waals surface area contributed by atoms with Crippen molar-refractivity contribution in [3.63, 3.8) is 0 Å². The van der Waals surface area contributed by atoms with E-state index in [0.717, 1.165) is 0 Å². The number of hydrogen-bond acceptors (Lipinski definition) is 3. The van der Waals surface area contributed by atoms with Gasteiger partial charge in [-0.3, -0.25) is 0 Å². The maximum atomic E-state index is 12.5. The van der Waals surface area contributed by atoms with E-state index in [2.05, 4.69) is 5.32 Å². The van der Waals surface area contributed by atoms with Crippen LogP contribution in [0.5, 0.6) is 0 Å². The Morgan fingerprint density at radius 1 is 1.35 bits per heavy atom. The average Bonchev–Trinajstić information content (AvgIpc) is 2.62. The highest BCUT2D eigenvalue weighted by Gasteiger charge is 2.26.